The highest BCUT2D eigenvalue weighted by atomic mass is 32.2. The lowest BCUT2D eigenvalue weighted by molar-refractivity contribution is 0.237. The summed E-state index contributed by atoms with van der Waals surface area (Å²) in [5.74, 6) is 0.813. The second kappa shape index (κ2) is 9.57. The maximum Gasteiger partial charge on any atom is 0.315 e. The Kier molecular flexibility index (Phi) is 7.44. The topological polar surface area (TPSA) is 91.7 Å². The lowest BCUT2D eigenvalue weighted by atomic mass is 10.2. The quantitative estimate of drug-likeness (QED) is 0.685. The number of carbonyl (C=O) groups is 1. The molecular weight excluding hydrogens is 366 g/mol. The van der Waals surface area contributed by atoms with E-state index < -0.39 is 10.0 Å². The summed E-state index contributed by atoms with van der Waals surface area (Å²) in [5.41, 5.74) is 0.822. The molecule has 1 unspecified atom stereocenters. The molecule has 2 N–H and O–H groups in total. The normalized spacial score (nSPS) is 12.7. The first-order valence-electron chi connectivity index (χ1n) is 9.02. The molecule has 2 rings (SSSR count). The molecule has 7 nitrogen and oxygen atoms in total. The maximum absolute atomic E-state index is 12.5. The van der Waals surface area contributed by atoms with Gasteiger partial charge in [-0.25, -0.2) is 13.2 Å². The number of benzene rings is 1. The third-order valence-corrected chi connectivity index (χ3v) is 6.25. The van der Waals surface area contributed by atoms with Crippen LogP contribution < -0.4 is 10.6 Å². The van der Waals surface area contributed by atoms with Gasteiger partial charge in [-0.2, -0.15) is 4.31 Å². The van der Waals surface area contributed by atoms with Crippen molar-refractivity contribution in [2.75, 3.05) is 13.1 Å². The zero-order chi connectivity index (χ0) is 19.9. The fourth-order valence-electron chi connectivity index (χ4n) is 2.73. The lowest BCUT2D eigenvalue weighted by Crippen LogP contribution is -2.41. The third kappa shape index (κ3) is 5.83. The molecule has 0 saturated heterocycles. The van der Waals surface area contributed by atoms with E-state index in [-0.39, 0.29) is 17.0 Å². The Morgan fingerprint density at radius 3 is 2.37 bits per heavy atom. The minimum atomic E-state index is -3.47. The van der Waals surface area contributed by atoms with Crippen molar-refractivity contribution in [1.82, 2.24) is 14.9 Å². The van der Waals surface area contributed by atoms with Crippen molar-refractivity contribution in [1.29, 1.82) is 0 Å². The Labute approximate surface area is 160 Å². The Morgan fingerprint density at radius 1 is 1.15 bits per heavy atom. The van der Waals surface area contributed by atoms with Crippen LogP contribution in [0.5, 0.6) is 0 Å². The molecule has 0 saturated carbocycles. The van der Waals surface area contributed by atoms with Gasteiger partial charge in [0.15, 0.2) is 0 Å². The largest absolute Gasteiger partial charge is 0.469 e. The predicted octanol–water partition coefficient (Wildman–Crippen LogP) is 2.74. The molecule has 1 aromatic carbocycles. The molecule has 0 spiro atoms. The highest BCUT2D eigenvalue weighted by Gasteiger charge is 2.21. The second-order valence-corrected chi connectivity index (χ2v) is 8.18. The number of amides is 2. The molecule has 1 atom stereocenters. The monoisotopic (exact) mass is 393 g/mol. The summed E-state index contributed by atoms with van der Waals surface area (Å²) in [4.78, 5) is 12.2. The van der Waals surface area contributed by atoms with Crippen LogP contribution >= 0.6 is 0 Å². The Balaban J connectivity index is 1.86. The van der Waals surface area contributed by atoms with E-state index in [0.29, 0.717) is 26.1 Å². The molecule has 0 aliphatic rings. The summed E-state index contributed by atoms with van der Waals surface area (Å²) < 4.78 is 31.6. The maximum atomic E-state index is 12.5. The average molecular weight is 394 g/mol. The van der Waals surface area contributed by atoms with Crippen LogP contribution in [0.1, 0.15) is 32.1 Å². The van der Waals surface area contributed by atoms with Crippen molar-refractivity contribution in [2.45, 2.75) is 44.7 Å². The van der Waals surface area contributed by atoms with E-state index in [1.807, 2.05) is 32.9 Å². The smallest absolute Gasteiger partial charge is 0.315 e. The van der Waals surface area contributed by atoms with Gasteiger partial charge >= 0.3 is 6.03 Å². The van der Waals surface area contributed by atoms with E-state index in [1.165, 1.54) is 4.31 Å². The van der Waals surface area contributed by atoms with Crippen molar-refractivity contribution >= 4 is 16.1 Å². The van der Waals surface area contributed by atoms with Crippen LogP contribution in [0.4, 0.5) is 4.79 Å². The number of nitrogens with zero attached hydrogens (tertiary/aromatic N) is 1. The first-order valence-corrected chi connectivity index (χ1v) is 10.5. The zero-order valence-electron chi connectivity index (χ0n) is 15.9. The van der Waals surface area contributed by atoms with Crippen molar-refractivity contribution in [3.8, 4) is 0 Å². The lowest BCUT2D eigenvalue weighted by Gasteiger charge is -2.18. The standard InChI is InChI=1S/C19H27N3O4S/c1-4-22(5-2)27(24,25)18-10-8-16(9-11-18)14-20-19(23)21-15(3)13-17-7-6-12-26-17/h6-12,15H,4-5,13-14H2,1-3H3,(H2,20,21,23). The van der Waals surface area contributed by atoms with E-state index in [9.17, 15) is 13.2 Å². The third-order valence-electron chi connectivity index (χ3n) is 4.18. The Bertz CT molecular complexity index is 813. The van der Waals surface area contributed by atoms with Crippen LogP contribution in [-0.2, 0) is 23.0 Å². The van der Waals surface area contributed by atoms with Gasteiger partial charge in [0.25, 0.3) is 0 Å². The molecule has 2 amide bonds. The Hall–Kier alpha value is -2.32. The van der Waals surface area contributed by atoms with E-state index in [1.54, 1.807) is 30.5 Å². The average Bonchev–Trinajstić information content (AvgIpc) is 3.14. The van der Waals surface area contributed by atoms with Gasteiger partial charge in [-0.1, -0.05) is 26.0 Å². The fourth-order valence-corrected chi connectivity index (χ4v) is 4.19. The molecule has 0 aliphatic heterocycles. The van der Waals surface area contributed by atoms with Crippen LogP contribution in [0.15, 0.2) is 52.0 Å². The van der Waals surface area contributed by atoms with Gasteiger partial charge in [0.1, 0.15) is 5.76 Å². The van der Waals surface area contributed by atoms with Gasteiger partial charge in [0, 0.05) is 32.1 Å². The minimum Gasteiger partial charge on any atom is -0.469 e. The number of hydrogen-bond acceptors (Lipinski definition) is 4. The van der Waals surface area contributed by atoms with Crippen LogP contribution in [0, 0.1) is 0 Å². The van der Waals surface area contributed by atoms with Gasteiger partial charge in [0.2, 0.25) is 10.0 Å². The van der Waals surface area contributed by atoms with Crippen molar-refractivity contribution in [3.63, 3.8) is 0 Å². The van der Waals surface area contributed by atoms with Gasteiger partial charge in [-0.3, -0.25) is 0 Å². The molecule has 2 aromatic rings. The molecule has 8 heteroatoms. The number of nitrogens with one attached hydrogen (secondary N) is 2. The van der Waals surface area contributed by atoms with E-state index in [4.69, 9.17) is 4.42 Å². The highest BCUT2D eigenvalue weighted by molar-refractivity contribution is 7.89. The van der Waals surface area contributed by atoms with Gasteiger partial charge in [-0.15, -0.1) is 0 Å². The summed E-state index contributed by atoms with van der Waals surface area (Å²) in [6.45, 7) is 6.69. The molecule has 0 bridgehead atoms. The van der Waals surface area contributed by atoms with Gasteiger partial charge in [0.05, 0.1) is 11.2 Å². The fraction of sp³-hybridized carbons (Fsp3) is 0.421. The molecule has 0 radical (unpaired) electrons. The van der Waals surface area contributed by atoms with Crippen molar-refractivity contribution in [2.24, 2.45) is 0 Å². The van der Waals surface area contributed by atoms with Crippen molar-refractivity contribution < 1.29 is 17.6 Å². The highest BCUT2D eigenvalue weighted by Crippen LogP contribution is 2.16. The number of sulfonamides is 1. The molecule has 0 fully saturated rings. The van der Waals surface area contributed by atoms with E-state index >= 15 is 0 Å². The SMILES string of the molecule is CCN(CC)S(=O)(=O)c1ccc(CNC(=O)NC(C)Cc2ccco2)cc1. The number of urea groups is 1. The molecule has 148 valence electrons. The number of hydrogen-bond donors (Lipinski definition) is 2. The number of carbonyl (C=O) groups excluding carboxylic acids is 1. The summed E-state index contributed by atoms with van der Waals surface area (Å²) in [6, 6.07) is 9.89. The summed E-state index contributed by atoms with van der Waals surface area (Å²) >= 11 is 0. The summed E-state index contributed by atoms with van der Waals surface area (Å²) in [5, 5.41) is 5.61. The number of furan rings is 1. The summed E-state index contributed by atoms with van der Waals surface area (Å²) in [6.07, 6.45) is 2.21. The minimum absolute atomic E-state index is 0.0715. The zero-order valence-corrected chi connectivity index (χ0v) is 16.8. The van der Waals surface area contributed by atoms with Gasteiger partial charge < -0.3 is 15.1 Å². The van der Waals surface area contributed by atoms with E-state index in [0.717, 1.165) is 11.3 Å². The van der Waals surface area contributed by atoms with Gasteiger partial charge in [-0.05, 0) is 36.8 Å². The molecular formula is C19H27N3O4S. The van der Waals surface area contributed by atoms with Crippen molar-refractivity contribution in [3.05, 3.63) is 54.0 Å². The van der Waals surface area contributed by atoms with E-state index in [2.05, 4.69) is 10.6 Å². The molecule has 27 heavy (non-hydrogen) atoms. The van der Waals surface area contributed by atoms with Crippen LogP contribution in [0.3, 0.4) is 0 Å². The predicted molar refractivity (Wildman–Crippen MR) is 104 cm³/mol. The molecule has 1 heterocycles. The Morgan fingerprint density at radius 2 is 1.81 bits per heavy atom. The second-order valence-electron chi connectivity index (χ2n) is 6.24. The number of rotatable bonds is 9. The first-order chi connectivity index (χ1) is 12.9. The molecule has 1 aromatic heterocycles. The van der Waals surface area contributed by atoms with Crippen LogP contribution in [0.2, 0.25) is 0 Å². The first kappa shape index (κ1) is 21.0. The van der Waals surface area contributed by atoms with Crippen LogP contribution in [0.25, 0.3) is 0 Å². The molecule has 0 aliphatic carbocycles. The van der Waals surface area contributed by atoms with Crippen LogP contribution in [-0.4, -0.2) is 37.9 Å². The summed E-state index contributed by atoms with van der Waals surface area (Å²) in [7, 11) is -3.47.